The van der Waals surface area contributed by atoms with Gasteiger partial charge in [0.25, 0.3) is 0 Å². The van der Waals surface area contributed by atoms with Gasteiger partial charge in [0.1, 0.15) is 5.75 Å². The summed E-state index contributed by atoms with van der Waals surface area (Å²) < 4.78 is 5.83. The van der Waals surface area contributed by atoms with Crippen LogP contribution in [0.15, 0.2) is 42.5 Å². The topological polar surface area (TPSA) is 38.5 Å². The number of ether oxygens (including phenoxy) is 1. The molecule has 0 bridgehead atoms. The number of piperidine rings is 1. The minimum absolute atomic E-state index is 0.649. The highest BCUT2D eigenvalue weighted by Gasteiger charge is 2.27. The van der Waals surface area contributed by atoms with E-state index >= 15 is 0 Å². The second kappa shape index (κ2) is 9.21. The second-order valence-electron chi connectivity index (χ2n) is 8.16. The largest absolute Gasteiger partial charge is 0.494 e. The van der Waals surface area contributed by atoms with Gasteiger partial charge >= 0.3 is 0 Å². The fraction of sp³-hybridized carbons (Fsp3) is 0.500. The van der Waals surface area contributed by atoms with Crippen LogP contribution >= 0.6 is 15.9 Å². The van der Waals surface area contributed by atoms with E-state index in [1.165, 1.54) is 42.5 Å². The number of unbranched alkanes of at least 4 members (excludes halogenated alkanes) is 1. The van der Waals surface area contributed by atoms with Crippen molar-refractivity contribution in [1.29, 1.82) is 0 Å². The summed E-state index contributed by atoms with van der Waals surface area (Å²) in [6, 6.07) is 15.4. The van der Waals surface area contributed by atoms with Crippen molar-refractivity contribution in [2.45, 2.75) is 50.4 Å². The number of hydrogen-bond donors (Lipinski definition) is 1. The number of nitrogen functional groups attached to an aromatic ring is 1. The fourth-order valence-corrected chi connectivity index (χ4v) is 4.60. The highest BCUT2D eigenvalue weighted by molar-refractivity contribution is 9.09. The van der Waals surface area contributed by atoms with Gasteiger partial charge in [-0.05, 0) is 91.8 Å². The molecule has 0 unspecified atom stereocenters. The monoisotopic (exact) mass is 442 g/mol. The van der Waals surface area contributed by atoms with Gasteiger partial charge in [0.2, 0.25) is 0 Å². The molecule has 1 heterocycles. The van der Waals surface area contributed by atoms with Gasteiger partial charge in [0, 0.05) is 29.8 Å². The lowest BCUT2D eigenvalue weighted by atomic mass is 9.89. The number of alkyl halides is 1. The average Bonchev–Trinajstić information content (AvgIpc) is 3.58. The van der Waals surface area contributed by atoms with Crippen LogP contribution in [-0.4, -0.2) is 25.0 Å². The van der Waals surface area contributed by atoms with E-state index in [4.69, 9.17) is 10.5 Å². The number of hydrogen-bond acceptors (Lipinski definition) is 3. The van der Waals surface area contributed by atoms with Crippen molar-refractivity contribution in [3.8, 4) is 5.75 Å². The third-order valence-electron chi connectivity index (χ3n) is 6.10. The maximum Gasteiger partial charge on any atom is 0.119 e. The van der Waals surface area contributed by atoms with Crippen LogP contribution in [0.25, 0.3) is 0 Å². The molecule has 0 atom stereocenters. The second-order valence-corrected chi connectivity index (χ2v) is 8.96. The summed E-state index contributed by atoms with van der Waals surface area (Å²) in [6.45, 7) is 3.03. The molecule has 2 aromatic carbocycles. The van der Waals surface area contributed by atoms with Gasteiger partial charge in [-0.3, -0.25) is 0 Å². The van der Waals surface area contributed by atoms with Gasteiger partial charge in [0.15, 0.2) is 0 Å². The summed E-state index contributed by atoms with van der Waals surface area (Å²) >= 11 is 3.46. The summed E-state index contributed by atoms with van der Waals surface area (Å²) in [5, 5.41) is 1.05. The lowest BCUT2D eigenvalue weighted by Crippen LogP contribution is -2.32. The number of nitrogens with zero attached hydrogens (tertiary/aromatic N) is 1. The molecule has 1 aliphatic carbocycles. The molecule has 3 nitrogen and oxygen atoms in total. The molecule has 0 radical (unpaired) electrons. The minimum Gasteiger partial charge on any atom is -0.494 e. The molecule has 2 fully saturated rings. The van der Waals surface area contributed by atoms with Gasteiger partial charge in [0.05, 0.1) is 6.61 Å². The molecule has 2 aromatic rings. The maximum absolute atomic E-state index is 6.18. The normalized spacial score (nSPS) is 17.7. The van der Waals surface area contributed by atoms with Gasteiger partial charge in [-0.1, -0.05) is 28.1 Å². The van der Waals surface area contributed by atoms with Gasteiger partial charge in [-0.15, -0.1) is 0 Å². The number of benzene rings is 2. The molecule has 2 aliphatic rings. The van der Waals surface area contributed by atoms with E-state index in [0.717, 1.165) is 49.3 Å². The standard InChI is InChI=1S/C24H31BrN2O/c25-13-1-2-16-28-22-8-5-18(6-9-22)19-11-14-27(15-12-19)21-7-10-24(26)23(17-21)20-3-4-20/h5-10,17,19-20H,1-4,11-16,26H2. The first-order valence-corrected chi connectivity index (χ1v) is 11.8. The van der Waals surface area contributed by atoms with E-state index in [-0.39, 0.29) is 0 Å². The van der Waals surface area contributed by atoms with Crippen LogP contribution in [0.4, 0.5) is 11.4 Å². The molecule has 1 saturated heterocycles. The van der Waals surface area contributed by atoms with Crippen molar-refractivity contribution >= 4 is 27.3 Å². The number of halogens is 1. The predicted octanol–water partition coefficient (Wildman–Crippen LogP) is 6.08. The molecule has 2 N–H and O–H groups in total. The van der Waals surface area contributed by atoms with E-state index in [2.05, 4.69) is 63.3 Å². The fourth-order valence-electron chi connectivity index (χ4n) is 4.20. The molecular formula is C24H31BrN2O. The molecule has 0 aromatic heterocycles. The van der Waals surface area contributed by atoms with E-state index in [1.54, 1.807) is 0 Å². The van der Waals surface area contributed by atoms with Gasteiger partial charge in [-0.25, -0.2) is 0 Å². The molecule has 1 saturated carbocycles. The predicted molar refractivity (Wildman–Crippen MR) is 122 cm³/mol. The number of nitrogens with two attached hydrogens (primary N) is 1. The van der Waals surface area contributed by atoms with Crippen LogP contribution in [0.1, 0.15) is 61.5 Å². The SMILES string of the molecule is Nc1ccc(N2CCC(c3ccc(OCCCCBr)cc3)CC2)cc1C1CC1. The van der Waals surface area contributed by atoms with Crippen LogP contribution in [-0.2, 0) is 0 Å². The Morgan fingerprint density at radius 2 is 1.68 bits per heavy atom. The molecule has 0 amide bonds. The Labute approximate surface area is 177 Å². The van der Waals surface area contributed by atoms with Crippen molar-refractivity contribution in [3.63, 3.8) is 0 Å². The molecule has 4 heteroatoms. The van der Waals surface area contributed by atoms with E-state index in [0.29, 0.717) is 11.8 Å². The summed E-state index contributed by atoms with van der Waals surface area (Å²) in [6.07, 6.45) is 7.26. The maximum atomic E-state index is 6.18. The van der Waals surface area contributed by atoms with E-state index in [1.807, 2.05) is 0 Å². The van der Waals surface area contributed by atoms with Crippen molar-refractivity contribution in [2.75, 3.05) is 35.7 Å². The lowest BCUT2D eigenvalue weighted by molar-refractivity contribution is 0.310. The summed E-state index contributed by atoms with van der Waals surface area (Å²) in [4.78, 5) is 2.53. The average molecular weight is 443 g/mol. The Hall–Kier alpha value is -1.68. The summed E-state index contributed by atoms with van der Waals surface area (Å²) in [7, 11) is 0. The van der Waals surface area contributed by atoms with Crippen molar-refractivity contribution in [3.05, 3.63) is 53.6 Å². The van der Waals surface area contributed by atoms with Gasteiger partial charge < -0.3 is 15.4 Å². The third-order valence-corrected chi connectivity index (χ3v) is 6.66. The molecule has 28 heavy (non-hydrogen) atoms. The molecule has 1 aliphatic heterocycles. The Balaban J connectivity index is 1.31. The molecular weight excluding hydrogens is 412 g/mol. The first kappa shape index (κ1) is 19.6. The third kappa shape index (κ3) is 4.83. The zero-order valence-electron chi connectivity index (χ0n) is 16.6. The highest BCUT2D eigenvalue weighted by Crippen LogP contribution is 2.44. The van der Waals surface area contributed by atoms with Crippen molar-refractivity contribution in [1.82, 2.24) is 0 Å². The van der Waals surface area contributed by atoms with Crippen LogP contribution in [0, 0.1) is 0 Å². The van der Waals surface area contributed by atoms with Crippen LogP contribution in [0.3, 0.4) is 0 Å². The van der Waals surface area contributed by atoms with E-state index < -0.39 is 0 Å². The van der Waals surface area contributed by atoms with Crippen molar-refractivity contribution in [2.24, 2.45) is 0 Å². The quantitative estimate of drug-likeness (QED) is 0.305. The Kier molecular flexibility index (Phi) is 6.46. The van der Waals surface area contributed by atoms with Gasteiger partial charge in [-0.2, -0.15) is 0 Å². The summed E-state index contributed by atoms with van der Waals surface area (Å²) in [5.74, 6) is 2.35. The molecule has 4 rings (SSSR count). The zero-order chi connectivity index (χ0) is 19.3. The summed E-state index contributed by atoms with van der Waals surface area (Å²) in [5.41, 5.74) is 11.3. The lowest BCUT2D eigenvalue weighted by Gasteiger charge is -2.34. The Bertz CT molecular complexity index is 765. The van der Waals surface area contributed by atoms with Crippen LogP contribution in [0.5, 0.6) is 5.75 Å². The molecule has 150 valence electrons. The zero-order valence-corrected chi connectivity index (χ0v) is 18.2. The smallest absolute Gasteiger partial charge is 0.119 e. The minimum atomic E-state index is 0.649. The Morgan fingerprint density at radius 1 is 0.929 bits per heavy atom. The highest BCUT2D eigenvalue weighted by atomic mass is 79.9. The number of rotatable bonds is 8. The van der Waals surface area contributed by atoms with Crippen LogP contribution in [0.2, 0.25) is 0 Å². The Morgan fingerprint density at radius 3 is 2.36 bits per heavy atom. The van der Waals surface area contributed by atoms with Crippen molar-refractivity contribution < 1.29 is 4.74 Å². The number of anilines is 2. The molecule has 0 spiro atoms. The van der Waals surface area contributed by atoms with E-state index in [9.17, 15) is 0 Å². The first-order chi connectivity index (χ1) is 13.7. The first-order valence-electron chi connectivity index (χ1n) is 10.7. The van der Waals surface area contributed by atoms with Crippen LogP contribution < -0.4 is 15.4 Å².